The summed E-state index contributed by atoms with van der Waals surface area (Å²) in [6.07, 6.45) is 0. The SMILES string of the molecule is COCC(Br)CN(C)C(=O)c1csc(I)c1. The maximum Gasteiger partial charge on any atom is 0.254 e. The molecular weight excluding hydrogens is 405 g/mol. The molecule has 0 aliphatic heterocycles. The zero-order chi connectivity index (χ0) is 12.1. The molecule has 1 amide bonds. The van der Waals surface area contributed by atoms with E-state index in [0.717, 1.165) is 8.45 Å². The van der Waals surface area contributed by atoms with Gasteiger partial charge in [-0.2, -0.15) is 0 Å². The van der Waals surface area contributed by atoms with Gasteiger partial charge in [-0.3, -0.25) is 4.79 Å². The minimum absolute atomic E-state index is 0.0553. The molecule has 0 fully saturated rings. The van der Waals surface area contributed by atoms with Gasteiger partial charge in [-0.1, -0.05) is 15.9 Å². The Morgan fingerprint density at radius 3 is 2.94 bits per heavy atom. The topological polar surface area (TPSA) is 29.5 Å². The van der Waals surface area contributed by atoms with Crippen LogP contribution in [0, 0.1) is 2.88 Å². The smallest absolute Gasteiger partial charge is 0.254 e. The van der Waals surface area contributed by atoms with E-state index in [0.29, 0.717) is 13.2 Å². The van der Waals surface area contributed by atoms with Crippen molar-refractivity contribution in [3.63, 3.8) is 0 Å². The average Bonchev–Trinajstić information content (AvgIpc) is 2.64. The van der Waals surface area contributed by atoms with E-state index in [2.05, 4.69) is 38.5 Å². The third-order valence-electron chi connectivity index (χ3n) is 1.98. The molecule has 6 heteroatoms. The number of amides is 1. The molecule has 0 aliphatic carbocycles. The molecule has 0 spiro atoms. The predicted molar refractivity (Wildman–Crippen MR) is 78.6 cm³/mol. The Labute approximate surface area is 121 Å². The monoisotopic (exact) mass is 417 g/mol. The molecule has 1 rings (SSSR count). The van der Waals surface area contributed by atoms with E-state index in [-0.39, 0.29) is 10.7 Å². The molecule has 0 N–H and O–H groups in total. The average molecular weight is 418 g/mol. The Morgan fingerprint density at radius 2 is 2.44 bits per heavy atom. The summed E-state index contributed by atoms with van der Waals surface area (Å²) in [5.41, 5.74) is 0.758. The Morgan fingerprint density at radius 1 is 1.75 bits per heavy atom. The van der Waals surface area contributed by atoms with E-state index in [1.54, 1.807) is 30.4 Å². The number of methoxy groups -OCH3 is 1. The van der Waals surface area contributed by atoms with E-state index in [1.165, 1.54) is 0 Å². The fourth-order valence-corrected chi connectivity index (χ4v) is 3.28. The van der Waals surface area contributed by atoms with Crippen LogP contribution in [0.1, 0.15) is 10.4 Å². The van der Waals surface area contributed by atoms with Crippen molar-refractivity contribution in [3.05, 3.63) is 19.9 Å². The second kappa shape index (κ2) is 6.93. The van der Waals surface area contributed by atoms with Crippen molar-refractivity contribution in [2.45, 2.75) is 4.83 Å². The van der Waals surface area contributed by atoms with E-state index in [4.69, 9.17) is 4.74 Å². The summed E-state index contributed by atoms with van der Waals surface area (Å²) in [5.74, 6) is 0.0553. The van der Waals surface area contributed by atoms with Crippen molar-refractivity contribution in [1.82, 2.24) is 4.90 Å². The molecule has 0 aliphatic rings. The summed E-state index contributed by atoms with van der Waals surface area (Å²) in [6.45, 7) is 1.23. The molecule has 1 heterocycles. The van der Waals surface area contributed by atoms with Crippen molar-refractivity contribution in [2.24, 2.45) is 0 Å². The number of hydrogen-bond acceptors (Lipinski definition) is 3. The summed E-state index contributed by atoms with van der Waals surface area (Å²) in [4.78, 5) is 13.8. The number of carbonyl (C=O) groups excluding carboxylic acids is 1. The maximum absolute atomic E-state index is 12.0. The fourth-order valence-electron chi connectivity index (χ4n) is 1.26. The van der Waals surface area contributed by atoms with Crippen LogP contribution in [0.5, 0.6) is 0 Å². The number of ether oxygens (including phenoxy) is 1. The summed E-state index contributed by atoms with van der Waals surface area (Å²) in [7, 11) is 3.45. The number of halogens is 2. The molecule has 0 radical (unpaired) electrons. The number of rotatable bonds is 5. The van der Waals surface area contributed by atoms with Crippen molar-refractivity contribution in [2.75, 3.05) is 27.3 Å². The van der Waals surface area contributed by atoms with Crippen molar-refractivity contribution >= 4 is 55.8 Å². The van der Waals surface area contributed by atoms with E-state index in [9.17, 15) is 4.79 Å². The lowest BCUT2D eigenvalue weighted by Crippen LogP contribution is -2.33. The zero-order valence-corrected chi connectivity index (χ0v) is 13.6. The first-order valence-electron chi connectivity index (χ1n) is 4.67. The molecule has 0 aromatic carbocycles. The molecule has 1 unspecified atom stereocenters. The molecule has 0 bridgehead atoms. The molecule has 1 aromatic rings. The fraction of sp³-hybridized carbons (Fsp3) is 0.500. The largest absolute Gasteiger partial charge is 0.383 e. The van der Waals surface area contributed by atoms with Crippen LogP contribution in [0.4, 0.5) is 0 Å². The number of thiophene rings is 1. The Bertz CT molecular complexity index is 358. The highest BCUT2D eigenvalue weighted by Crippen LogP contribution is 2.18. The zero-order valence-electron chi connectivity index (χ0n) is 9.07. The standard InChI is InChI=1S/C10H13BrINO2S/c1-13(4-8(11)5-15-2)10(14)7-3-9(12)16-6-7/h3,6,8H,4-5H2,1-2H3. The Balaban J connectivity index is 2.54. The third-order valence-corrected chi connectivity index (χ3v) is 4.32. The van der Waals surface area contributed by atoms with Crippen LogP contribution in [0.25, 0.3) is 0 Å². The number of hydrogen-bond donors (Lipinski definition) is 0. The van der Waals surface area contributed by atoms with Gasteiger partial charge in [0.15, 0.2) is 0 Å². The molecule has 90 valence electrons. The number of carbonyl (C=O) groups is 1. The normalized spacial score (nSPS) is 12.5. The summed E-state index contributed by atoms with van der Waals surface area (Å²) < 4.78 is 6.14. The summed E-state index contributed by atoms with van der Waals surface area (Å²) >= 11 is 7.26. The van der Waals surface area contributed by atoms with Crippen LogP contribution in [0.15, 0.2) is 11.4 Å². The minimum atomic E-state index is 0.0553. The quantitative estimate of drug-likeness (QED) is 0.544. The van der Waals surface area contributed by atoms with Crippen molar-refractivity contribution in [3.8, 4) is 0 Å². The van der Waals surface area contributed by atoms with Crippen molar-refractivity contribution < 1.29 is 9.53 Å². The van der Waals surface area contributed by atoms with Gasteiger partial charge in [0, 0.05) is 26.1 Å². The third kappa shape index (κ3) is 4.31. The number of nitrogens with zero attached hydrogens (tertiary/aromatic N) is 1. The lowest BCUT2D eigenvalue weighted by atomic mass is 10.3. The first-order chi connectivity index (χ1) is 7.54. The molecule has 1 atom stereocenters. The van der Waals surface area contributed by atoms with Gasteiger partial charge in [-0.15, -0.1) is 11.3 Å². The van der Waals surface area contributed by atoms with E-state index < -0.39 is 0 Å². The Hall–Kier alpha value is 0.340. The van der Waals surface area contributed by atoms with Crippen molar-refractivity contribution in [1.29, 1.82) is 0 Å². The van der Waals surface area contributed by atoms with E-state index in [1.807, 2.05) is 11.4 Å². The van der Waals surface area contributed by atoms with Crippen LogP contribution >= 0.6 is 49.9 Å². The predicted octanol–water partition coefficient (Wildman–Crippen LogP) is 2.83. The molecular formula is C10H13BrINO2S. The van der Waals surface area contributed by atoms with Gasteiger partial charge < -0.3 is 9.64 Å². The maximum atomic E-state index is 12.0. The molecule has 3 nitrogen and oxygen atoms in total. The molecule has 0 saturated carbocycles. The first kappa shape index (κ1) is 14.4. The van der Waals surface area contributed by atoms with E-state index >= 15 is 0 Å². The lowest BCUT2D eigenvalue weighted by Gasteiger charge is -2.19. The van der Waals surface area contributed by atoms with Crippen LogP contribution < -0.4 is 0 Å². The summed E-state index contributed by atoms with van der Waals surface area (Å²) in [6, 6.07) is 1.91. The second-order valence-electron chi connectivity index (χ2n) is 3.38. The van der Waals surface area contributed by atoms with Gasteiger partial charge in [0.25, 0.3) is 5.91 Å². The van der Waals surface area contributed by atoms with Gasteiger partial charge in [-0.25, -0.2) is 0 Å². The van der Waals surface area contributed by atoms with Gasteiger partial charge in [0.1, 0.15) is 0 Å². The van der Waals surface area contributed by atoms with Crippen LogP contribution in [0.3, 0.4) is 0 Å². The highest BCUT2D eigenvalue weighted by molar-refractivity contribution is 14.1. The van der Waals surface area contributed by atoms with Crippen LogP contribution in [-0.2, 0) is 4.74 Å². The molecule has 16 heavy (non-hydrogen) atoms. The first-order valence-corrected chi connectivity index (χ1v) is 7.54. The number of alkyl halides is 1. The minimum Gasteiger partial charge on any atom is -0.383 e. The van der Waals surface area contributed by atoms with Gasteiger partial charge in [0.2, 0.25) is 0 Å². The second-order valence-corrected chi connectivity index (χ2v) is 7.48. The van der Waals surface area contributed by atoms with Gasteiger partial charge >= 0.3 is 0 Å². The molecule has 1 aromatic heterocycles. The van der Waals surface area contributed by atoms with Crippen LogP contribution in [0.2, 0.25) is 0 Å². The summed E-state index contributed by atoms with van der Waals surface area (Å²) in [5, 5.41) is 1.89. The van der Waals surface area contributed by atoms with Gasteiger partial charge in [-0.05, 0) is 28.7 Å². The highest BCUT2D eigenvalue weighted by Gasteiger charge is 2.16. The lowest BCUT2D eigenvalue weighted by molar-refractivity contribution is 0.0784. The van der Waals surface area contributed by atoms with Crippen LogP contribution in [-0.4, -0.2) is 42.9 Å². The van der Waals surface area contributed by atoms with Gasteiger partial charge in [0.05, 0.1) is 19.9 Å². The molecule has 0 saturated heterocycles. The Kier molecular flexibility index (Phi) is 6.23. The highest BCUT2D eigenvalue weighted by atomic mass is 127.